The van der Waals surface area contributed by atoms with E-state index in [1.807, 2.05) is 6.92 Å². The molecule has 0 atom stereocenters. The van der Waals surface area contributed by atoms with Gasteiger partial charge in [0.1, 0.15) is 17.5 Å². The molecule has 0 saturated heterocycles. The minimum absolute atomic E-state index is 0.137. The highest BCUT2D eigenvalue weighted by Gasteiger charge is 2.33. The number of pyridine rings is 1. The van der Waals surface area contributed by atoms with Crippen molar-refractivity contribution in [3.05, 3.63) is 64.5 Å². The lowest BCUT2D eigenvalue weighted by Crippen LogP contribution is -2.15. The average molecular weight is 381 g/mol. The average Bonchev–Trinajstić information content (AvgIpc) is 2.56. The van der Waals surface area contributed by atoms with E-state index in [0.29, 0.717) is 11.9 Å². The number of nitriles is 1. The first kappa shape index (κ1) is 19.3. The zero-order valence-corrected chi connectivity index (χ0v) is 14.1. The molecule has 2 N–H and O–H groups in total. The molecule has 0 radical (unpaired) electrons. The van der Waals surface area contributed by atoms with Crippen LogP contribution in [-0.4, -0.2) is 10.9 Å². The van der Waals surface area contributed by atoms with E-state index >= 15 is 0 Å². The number of hydrogen-bond acceptors (Lipinski definition) is 4. The first-order chi connectivity index (χ1) is 12.2. The number of alkyl halides is 3. The van der Waals surface area contributed by atoms with Crippen molar-refractivity contribution < 1.29 is 18.0 Å². The number of aryl methyl sites for hydroxylation is 1. The molecule has 0 fully saturated rings. The second-order valence-corrected chi connectivity index (χ2v) is 5.59. The number of aromatic nitrogens is 1. The lowest BCUT2D eigenvalue weighted by molar-refractivity contribution is -0.137. The summed E-state index contributed by atoms with van der Waals surface area (Å²) in [5.74, 6) is -0.459. The molecule has 0 spiro atoms. The molecule has 0 saturated carbocycles. The molecule has 5 nitrogen and oxygen atoms in total. The maximum absolute atomic E-state index is 12.9. The number of nitrogens with one attached hydrogen (secondary N) is 2. The summed E-state index contributed by atoms with van der Waals surface area (Å²) < 4.78 is 38.6. The van der Waals surface area contributed by atoms with Crippen LogP contribution < -0.4 is 10.6 Å². The van der Waals surface area contributed by atoms with Gasteiger partial charge in [-0.2, -0.15) is 18.4 Å². The van der Waals surface area contributed by atoms with Gasteiger partial charge in [-0.1, -0.05) is 11.6 Å². The lowest BCUT2D eigenvalue weighted by Gasteiger charge is -2.11. The predicted octanol–water partition coefficient (Wildman–Crippen LogP) is 4.52. The highest BCUT2D eigenvalue weighted by molar-refractivity contribution is 6.31. The van der Waals surface area contributed by atoms with Gasteiger partial charge in [-0.15, -0.1) is 0 Å². The Bertz CT molecular complexity index is 904. The lowest BCUT2D eigenvalue weighted by atomic mass is 10.2. The number of benzene rings is 1. The minimum atomic E-state index is -4.66. The van der Waals surface area contributed by atoms with Gasteiger partial charge in [0.15, 0.2) is 0 Å². The predicted molar refractivity (Wildman–Crippen MR) is 91.4 cm³/mol. The summed E-state index contributed by atoms with van der Waals surface area (Å²) in [7, 11) is 0. The highest BCUT2D eigenvalue weighted by atomic mass is 35.5. The molecule has 2 aromatic rings. The zero-order valence-electron chi connectivity index (χ0n) is 13.4. The Morgan fingerprint density at radius 1 is 1.31 bits per heavy atom. The summed E-state index contributed by atoms with van der Waals surface area (Å²) in [5.41, 5.74) is -0.639. The van der Waals surface area contributed by atoms with Gasteiger partial charge in [0.05, 0.1) is 10.6 Å². The molecule has 2 rings (SSSR count). The van der Waals surface area contributed by atoms with Crippen LogP contribution in [0.3, 0.4) is 0 Å². The van der Waals surface area contributed by atoms with Crippen LogP contribution in [0.5, 0.6) is 0 Å². The third-order valence-corrected chi connectivity index (χ3v) is 3.50. The van der Waals surface area contributed by atoms with Crippen molar-refractivity contribution in [3.63, 3.8) is 0 Å². The first-order valence-corrected chi connectivity index (χ1v) is 7.56. The van der Waals surface area contributed by atoms with E-state index in [0.717, 1.165) is 17.8 Å². The van der Waals surface area contributed by atoms with E-state index in [1.54, 1.807) is 24.4 Å². The fourth-order valence-electron chi connectivity index (χ4n) is 1.93. The van der Waals surface area contributed by atoms with Crippen LogP contribution >= 0.6 is 11.6 Å². The summed E-state index contributed by atoms with van der Waals surface area (Å²) >= 11 is 5.52. The maximum atomic E-state index is 12.9. The van der Waals surface area contributed by atoms with Crippen LogP contribution in [0, 0.1) is 18.3 Å². The van der Waals surface area contributed by atoms with E-state index < -0.39 is 22.7 Å². The van der Waals surface area contributed by atoms with Gasteiger partial charge in [0, 0.05) is 18.1 Å². The van der Waals surface area contributed by atoms with Gasteiger partial charge in [0.25, 0.3) is 5.91 Å². The van der Waals surface area contributed by atoms with Crippen molar-refractivity contribution in [2.24, 2.45) is 0 Å². The summed E-state index contributed by atoms with van der Waals surface area (Å²) in [6, 6.07) is 8.06. The summed E-state index contributed by atoms with van der Waals surface area (Å²) in [4.78, 5) is 16.1. The Morgan fingerprint density at radius 3 is 2.65 bits per heavy atom. The Kier molecular flexibility index (Phi) is 5.85. The fraction of sp³-hybridized carbons (Fsp3) is 0.118. The molecule has 0 aliphatic carbocycles. The van der Waals surface area contributed by atoms with Gasteiger partial charge in [-0.05, 0) is 42.8 Å². The molecule has 26 heavy (non-hydrogen) atoms. The van der Waals surface area contributed by atoms with Crippen molar-refractivity contribution in [2.75, 3.05) is 10.6 Å². The topological polar surface area (TPSA) is 77.8 Å². The third-order valence-electron chi connectivity index (χ3n) is 3.17. The molecule has 0 aliphatic rings. The van der Waals surface area contributed by atoms with E-state index in [9.17, 15) is 18.0 Å². The van der Waals surface area contributed by atoms with Gasteiger partial charge < -0.3 is 10.6 Å². The molecule has 1 heterocycles. The van der Waals surface area contributed by atoms with Gasteiger partial charge >= 0.3 is 6.18 Å². The quantitative estimate of drug-likeness (QED) is 0.604. The summed E-state index contributed by atoms with van der Waals surface area (Å²) in [6.07, 6.45) is -1.99. The number of halogens is 4. The molecule has 134 valence electrons. The molecule has 1 amide bonds. The van der Waals surface area contributed by atoms with Crippen molar-refractivity contribution in [2.45, 2.75) is 13.1 Å². The van der Waals surface area contributed by atoms with E-state index in [4.69, 9.17) is 16.9 Å². The molecule has 1 aromatic carbocycles. The normalized spacial score (nSPS) is 11.6. The van der Waals surface area contributed by atoms with Crippen molar-refractivity contribution in [3.8, 4) is 6.07 Å². The largest absolute Gasteiger partial charge is 0.417 e. The number of carbonyl (C=O) groups is 1. The summed E-state index contributed by atoms with van der Waals surface area (Å²) in [5, 5.41) is 13.5. The molecule has 9 heteroatoms. The van der Waals surface area contributed by atoms with Crippen LogP contribution in [0.1, 0.15) is 11.1 Å². The van der Waals surface area contributed by atoms with Gasteiger partial charge in [-0.25, -0.2) is 4.98 Å². The zero-order chi connectivity index (χ0) is 19.3. The third kappa shape index (κ3) is 4.97. The Morgan fingerprint density at radius 2 is 2.04 bits per heavy atom. The maximum Gasteiger partial charge on any atom is 0.417 e. The van der Waals surface area contributed by atoms with Crippen LogP contribution in [0.15, 0.2) is 48.3 Å². The molecule has 1 aromatic heterocycles. The summed E-state index contributed by atoms with van der Waals surface area (Å²) in [6.45, 7) is 1.84. The SMILES string of the molecule is Cc1ccnc(N/C=C(/C#N)C(=O)Nc2ccc(Cl)c(C(F)(F)F)c2)c1. The number of rotatable bonds is 4. The van der Waals surface area contributed by atoms with E-state index in [-0.39, 0.29) is 11.3 Å². The smallest absolute Gasteiger partial charge is 0.345 e. The van der Waals surface area contributed by atoms with Crippen LogP contribution in [0.2, 0.25) is 5.02 Å². The number of carbonyl (C=O) groups excluding carboxylic acids is 1. The Hall–Kier alpha value is -3.05. The van der Waals surface area contributed by atoms with Crippen LogP contribution in [0.4, 0.5) is 24.7 Å². The van der Waals surface area contributed by atoms with Crippen LogP contribution in [-0.2, 0) is 11.0 Å². The molecule has 0 bridgehead atoms. The standard InChI is InChI=1S/C17H12ClF3N4O/c1-10-4-5-23-15(6-10)24-9-11(8-22)16(26)25-12-2-3-14(18)13(7-12)17(19,20)21/h2-7,9H,1H3,(H,23,24)(H,25,26)/b11-9-. The van der Waals surface area contributed by atoms with E-state index in [2.05, 4.69) is 15.6 Å². The van der Waals surface area contributed by atoms with Crippen LogP contribution in [0.25, 0.3) is 0 Å². The molecule has 0 unspecified atom stereocenters. The Balaban J connectivity index is 2.17. The fourth-order valence-corrected chi connectivity index (χ4v) is 2.15. The van der Waals surface area contributed by atoms with Crippen molar-refractivity contribution in [1.82, 2.24) is 4.98 Å². The Labute approximate surface area is 152 Å². The van der Waals surface area contributed by atoms with E-state index in [1.165, 1.54) is 6.07 Å². The van der Waals surface area contributed by atoms with Crippen molar-refractivity contribution >= 4 is 29.0 Å². The molecular weight excluding hydrogens is 369 g/mol. The van der Waals surface area contributed by atoms with Gasteiger partial charge in [-0.3, -0.25) is 4.79 Å². The second kappa shape index (κ2) is 7.89. The number of amides is 1. The highest BCUT2D eigenvalue weighted by Crippen LogP contribution is 2.36. The van der Waals surface area contributed by atoms with Crippen molar-refractivity contribution in [1.29, 1.82) is 5.26 Å². The molecular formula is C17H12ClF3N4O. The van der Waals surface area contributed by atoms with Gasteiger partial charge in [0.2, 0.25) is 0 Å². The number of anilines is 2. The number of nitrogens with zero attached hydrogens (tertiary/aromatic N) is 2. The number of hydrogen-bond donors (Lipinski definition) is 2. The minimum Gasteiger partial charge on any atom is -0.345 e. The molecule has 0 aliphatic heterocycles. The second-order valence-electron chi connectivity index (χ2n) is 5.18. The first-order valence-electron chi connectivity index (χ1n) is 7.18. The monoisotopic (exact) mass is 380 g/mol.